The molecule has 3 rings (SSSR count). The van der Waals surface area contributed by atoms with E-state index in [1.54, 1.807) is 6.92 Å². The number of benzene rings is 2. The summed E-state index contributed by atoms with van der Waals surface area (Å²) >= 11 is 1.31. The average Bonchev–Trinajstić information content (AvgIpc) is 2.98. The molecular weight excluding hydrogens is 475 g/mol. The molecular formula is C16H10K2N2O7S2. The largest absolute Gasteiger partial charge is 1.00 e. The molecule has 140 valence electrons. The first-order valence-corrected chi connectivity index (χ1v) is 9.53. The minimum atomic E-state index is -4.27. The van der Waals surface area contributed by atoms with Crippen LogP contribution < -0.4 is 118 Å². The van der Waals surface area contributed by atoms with E-state index in [2.05, 4.69) is 4.98 Å². The van der Waals surface area contributed by atoms with Gasteiger partial charge in [-0.1, -0.05) is 0 Å². The number of fused-ring (bicyclic) bond motifs is 1. The number of rotatable bonds is 6. The van der Waals surface area contributed by atoms with E-state index in [1.807, 2.05) is 5.48 Å². The first-order valence-electron chi connectivity index (χ1n) is 7.30. The van der Waals surface area contributed by atoms with Crippen molar-refractivity contribution in [3.63, 3.8) is 0 Å². The van der Waals surface area contributed by atoms with Crippen molar-refractivity contribution < 1.29 is 135 Å². The van der Waals surface area contributed by atoms with Crippen molar-refractivity contribution in [2.24, 2.45) is 0 Å². The van der Waals surface area contributed by atoms with Crippen molar-refractivity contribution in [1.29, 1.82) is 0 Å². The summed E-state index contributed by atoms with van der Waals surface area (Å²) in [5, 5.41) is 22.7. The number of aryl methyl sites for hydroxylation is 1. The quantitative estimate of drug-likeness (QED) is 0.267. The molecule has 0 saturated heterocycles. The van der Waals surface area contributed by atoms with E-state index in [1.165, 1.54) is 29.5 Å². The predicted molar refractivity (Wildman–Crippen MR) is 91.4 cm³/mol. The number of nitrogens with one attached hydrogen (secondary N) is 1. The molecule has 0 fully saturated rings. The van der Waals surface area contributed by atoms with E-state index in [9.17, 15) is 28.2 Å². The maximum absolute atomic E-state index is 12.3. The molecule has 1 aromatic heterocycles. The number of hydrogen-bond donors (Lipinski definition) is 1. The summed E-state index contributed by atoms with van der Waals surface area (Å²) < 4.78 is 30.0. The van der Waals surface area contributed by atoms with Gasteiger partial charge in [0.2, 0.25) is 0 Å². The van der Waals surface area contributed by atoms with Gasteiger partial charge in [-0.15, -0.1) is 15.6 Å². The molecule has 1 heterocycles. The molecule has 0 atom stereocenters. The van der Waals surface area contributed by atoms with Gasteiger partial charge in [-0.3, -0.25) is 0 Å². The second-order valence-electron chi connectivity index (χ2n) is 5.38. The molecule has 0 aliphatic heterocycles. The van der Waals surface area contributed by atoms with Crippen LogP contribution in [-0.4, -0.2) is 25.3 Å². The molecule has 9 nitrogen and oxygen atoms in total. The number of carboxylic acids is 2. The Morgan fingerprint density at radius 2 is 1.62 bits per heavy atom. The fourth-order valence-corrected chi connectivity index (χ4v) is 3.99. The molecule has 0 radical (unpaired) electrons. The van der Waals surface area contributed by atoms with Gasteiger partial charge >= 0.3 is 113 Å². The van der Waals surface area contributed by atoms with E-state index in [4.69, 9.17) is 4.28 Å². The zero-order valence-corrected chi connectivity index (χ0v) is 23.5. The summed E-state index contributed by atoms with van der Waals surface area (Å²) in [5.74, 6) is -3.29. The van der Waals surface area contributed by atoms with Crippen LogP contribution in [0.2, 0.25) is 0 Å². The Bertz CT molecular complexity index is 1150. The number of aromatic nitrogens is 1. The molecule has 0 unspecified atom stereocenters. The monoisotopic (exact) mass is 484 g/mol. The Labute approximate surface area is 254 Å². The molecule has 13 heteroatoms. The Kier molecular flexibility index (Phi) is 10.6. The summed E-state index contributed by atoms with van der Waals surface area (Å²) in [6.45, 7) is 1.79. The number of carbonyl (C=O) groups excluding carboxylic acids is 2. The van der Waals surface area contributed by atoms with E-state index in [0.29, 0.717) is 10.2 Å². The molecule has 0 spiro atoms. The van der Waals surface area contributed by atoms with Crippen LogP contribution in [0.5, 0.6) is 0 Å². The average molecular weight is 485 g/mol. The first-order chi connectivity index (χ1) is 12.7. The number of carboxylic acid groups (broad SMARTS) is 2. The molecule has 2 aromatic carbocycles. The van der Waals surface area contributed by atoms with Crippen molar-refractivity contribution in [3.05, 3.63) is 52.5 Å². The van der Waals surface area contributed by atoms with Gasteiger partial charge < -0.3 is 19.8 Å². The number of hydrogen-bond acceptors (Lipinski definition) is 10. The van der Waals surface area contributed by atoms with Crippen LogP contribution in [-0.2, 0) is 14.4 Å². The number of nitrogens with zero attached hydrogens (tertiary/aromatic N) is 1. The van der Waals surface area contributed by atoms with Crippen molar-refractivity contribution in [1.82, 2.24) is 4.98 Å². The van der Waals surface area contributed by atoms with Crippen LogP contribution in [0.1, 0.15) is 25.7 Å². The summed E-state index contributed by atoms with van der Waals surface area (Å²) in [4.78, 5) is 26.0. The van der Waals surface area contributed by atoms with Gasteiger partial charge in [0.05, 0.1) is 37.7 Å². The summed E-state index contributed by atoms with van der Waals surface area (Å²) in [7, 11) is -4.27. The van der Waals surface area contributed by atoms with Crippen molar-refractivity contribution in [2.75, 3.05) is 5.48 Å². The van der Waals surface area contributed by atoms with E-state index in [-0.39, 0.29) is 113 Å². The first kappa shape index (κ1) is 27.3. The number of anilines is 1. The van der Waals surface area contributed by atoms with Crippen LogP contribution in [0.25, 0.3) is 10.2 Å². The molecule has 1 N–H and O–H groups in total. The number of aromatic carboxylic acids is 2. The van der Waals surface area contributed by atoms with Crippen LogP contribution in [0, 0.1) is 6.92 Å². The van der Waals surface area contributed by atoms with Gasteiger partial charge in [0.25, 0.3) is 0 Å². The molecule has 29 heavy (non-hydrogen) atoms. The Balaban J connectivity index is 0.00000210. The second kappa shape index (κ2) is 11.2. The van der Waals surface area contributed by atoms with Crippen molar-refractivity contribution >= 4 is 49.3 Å². The summed E-state index contributed by atoms with van der Waals surface area (Å²) in [6.07, 6.45) is 0. The molecule has 0 saturated carbocycles. The molecule has 0 amide bonds. The maximum atomic E-state index is 12.3. The third kappa shape index (κ3) is 6.87. The summed E-state index contributed by atoms with van der Waals surface area (Å²) in [6, 6.07) is 6.98. The van der Waals surface area contributed by atoms with Gasteiger partial charge in [-0.2, -0.15) is 8.42 Å². The van der Waals surface area contributed by atoms with Gasteiger partial charge in [0.15, 0.2) is 0 Å². The number of carbonyl (C=O) groups is 2. The van der Waals surface area contributed by atoms with Crippen LogP contribution in [0.3, 0.4) is 0 Å². The molecule has 0 bridgehead atoms. The predicted octanol–water partition coefficient (Wildman–Crippen LogP) is -5.93. The minimum Gasteiger partial charge on any atom is -0.545 e. The van der Waals surface area contributed by atoms with E-state index in [0.717, 1.165) is 23.2 Å². The Hall–Kier alpha value is 0.253. The maximum Gasteiger partial charge on any atom is 1.00 e. The second-order valence-corrected chi connectivity index (χ2v) is 8.16. The smallest absolute Gasteiger partial charge is 0.545 e. The van der Waals surface area contributed by atoms with E-state index >= 15 is 0 Å². The normalized spacial score (nSPS) is 10.7. The molecule has 3 aromatic rings. The van der Waals surface area contributed by atoms with Gasteiger partial charge in [-0.25, -0.2) is 10.5 Å². The third-order valence-electron chi connectivity index (χ3n) is 3.43. The zero-order valence-electron chi connectivity index (χ0n) is 15.6. The van der Waals surface area contributed by atoms with Crippen molar-refractivity contribution in [3.8, 4) is 0 Å². The third-order valence-corrected chi connectivity index (χ3v) is 5.50. The number of thiazole rings is 1. The topological polar surface area (TPSA) is 149 Å². The molecule has 0 aliphatic rings. The summed E-state index contributed by atoms with van der Waals surface area (Å²) in [5.41, 5.74) is 1.51. The Morgan fingerprint density at radius 1 is 1.03 bits per heavy atom. The fourth-order valence-electron chi connectivity index (χ4n) is 2.25. The fraction of sp³-hybridized carbons (Fsp3) is 0.0625. The van der Waals surface area contributed by atoms with Crippen molar-refractivity contribution in [2.45, 2.75) is 11.8 Å². The van der Waals surface area contributed by atoms with Gasteiger partial charge in [0.1, 0.15) is 0 Å². The SMILES string of the molecule is Cc1nc2ccc(S(=O)(=O)ONc3cc(C(=O)[O-])cc(C(=O)[O-])c3)cc2s1.[K+].[K+]. The van der Waals surface area contributed by atoms with Gasteiger partial charge in [-0.05, 0) is 54.4 Å². The molecule has 0 aliphatic carbocycles. The Morgan fingerprint density at radius 3 is 2.17 bits per heavy atom. The minimum absolute atomic E-state index is 0. The van der Waals surface area contributed by atoms with Crippen LogP contribution in [0.15, 0.2) is 41.3 Å². The standard InChI is InChI=1S/C16H12N2O7S2.2K/c1-8-17-13-3-2-12(7-14(13)26-8)27(23,24)25-18-11-5-9(15(19)20)4-10(6-11)16(21)22;;/h2-7,18H,1H3,(H,19,20)(H,21,22);;/q;2*+1/p-2. The van der Waals surface area contributed by atoms with Crippen LogP contribution >= 0.6 is 11.3 Å². The van der Waals surface area contributed by atoms with Gasteiger partial charge in [0, 0.05) is 0 Å². The van der Waals surface area contributed by atoms with Crippen LogP contribution in [0.4, 0.5) is 5.69 Å². The zero-order chi connectivity index (χ0) is 19.8. The van der Waals surface area contributed by atoms with E-state index < -0.39 is 33.2 Å².